The van der Waals surface area contributed by atoms with Gasteiger partial charge in [0.1, 0.15) is 11.7 Å². The second-order valence-corrected chi connectivity index (χ2v) is 8.23. The van der Waals surface area contributed by atoms with E-state index < -0.39 is 11.9 Å². The third-order valence-electron chi connectivity index (χ3n) is 4.48. The molecule has 0 saturated heterocycles. The maximum absolute atomic E-state index is 12.2. The second-order valence-electron chi connectivity index (χ2n) is 7.72. The van der Waals surface area contributed by atoms with Gasteiger partial charge >= 0.3 is 5.97 Å². The van der Waals surface area contributed by atoms with E-state index in [1.54, 1.807) is 0 Å². The minimum absolute atomic E-state index is 0.176. The molecule has 5 heteroatoms. The number of ketones is 1. The third kappa shape index (κ3) is 11.0. The van der Waals surface area contributed by atoms with E-state index in [1.807, 2.05) is 21.1 Å². The van der Waals surface area contributed by atoms with Gasteiger partial charge in [0.25, 0.3) is 0 Å². The van der Waals surface area contributed by atoms with Crippen molar-refractivity contribution in [3.05, 3.63) is 0 Å². The molecule has 0 rings (SSSR count). The second kappa shape index (κ2) is 12.7. The molecular formula is C19H37ClNO3+. The summed E-state index contributed by atoms with van der Waals surface area (Å²) >= 11 is 6.25. The van der Waals surface area contributed by atoms with Crippen molar-refractivity contribution in [2.75, 3.05) is 21.1 Å². The van der Waals surface area contributed by atoms with E-state index >= 15 is 0 Å². The van der Waals surface area contributed by atoms with E-state index in [0.717, 1.165) is 19.3 Å². The van der Waals surface area contributed by atoms with Gasteiger partial charge in [-0.05, 0) is 6.42 Å². The molecule has 0 aliphatic carbocycles. The largest absolute Gasteiger partial charge is 0.481 e. The summed E-state index contributed by atoms with van der Waals surface area (Å²) < 4.78 is 0.441. The van der Waals surface area contributed by atoms with E-state index in [9.17, 15) is 14.7 Å². The number of carbonyl (C=O) groups is 2. The summed E-state index contributed by atoms with van der Waals surface area (Å²) in [7, 11) is 5.71. The highest BCUT2D eigenvalue weighted by Gasteiger charge is 2.33. The highest BCUT2D eigenvalue weighted by Crippen LogP contribution is 2.21. The number of alkyl halides is 1. The van der Waals surface area contributed by atoms with Gasteiger partial charge in [0.15, 0.2) is 5.50 Å². The lowest BCUT2D eigenvalue weighted by atomic mass is 9.95. The Balaban J connectivity index is 3.99. The molecule has 0 radical (unpaired) electrons. The zero-order valence-electron chi connectivity index (χ0n) is 16.0. The topological polar surface area (TPSA) is 54.4 Å². The molecule has 0 saturated carbocycles. The van der Waals surface area contributed by atoms with Gasteiger partial charge in [-0.1, -0.05) is 69.9 Å². The average Bonchev–Trinajstić information content (AvgIpc) is 2.49. The molecule has 0 aromatic rings. The maximum Gasteiger partial charge on any atom is 0.314 e. The molecule has 2 unspecified atom stereocenters. The number of carboxylic acids is 1. The van der Waals surface area contributed by atoms with Crippen molar-refractivity contribution in [1.82, 2.24) is 0 Å². The number of nitrogens with zero attached hydrogens (tertiary/aromatic N) is 1. The number of hydrogen-bond acceptors (Lipinski definition) is 2. The van der Waals surface area contributed by atoms with Crippen LogP contribution in [0.15, 0.2) is 0 Å². The first-order valence-electron chi connectivity index (χ1n) is 9.40. The van der Waals surface area contributed by atoms with Crippen molar-refractivity contribution in [3.8, 4) is 0 Å². The van der Waals surface area contributed by atoms with Gasteiger partial charge in [0.05, 0.1) is 21.1 Å². The number of quaternary nitrogens is 1. The van der Waals surface area contributed by atoms with E-state index in [1.165, 1.54) is 38.5 Å². The summed E-state index contributed by atoms with van der Waals surface area (Å²) in [6.07, 6.45) is 11.2. The average molecular weight is 363 g/mol. The van der Waals surface area contributed by atoms with E-state index in [2.05, 4.69) is 6.92 Å². The molecule has 0 amide bonds. The summed E-state index contributed by atoms with van der Waals surface area (Å²) in [5.74, 6) is -2.20. The Kier molecular flexibility index (Phi) is 12.4. The van der Waals surface area contributed by atoms with Crippen LogP contribution >= 0.6 is 11.6 Å². The molecule has 1 N–H and O–H groups in total. The summed E-state index contributed by atoms with van der Waals surface area (Å²) in [4.78, 5) is 23.6. The standard InChI is InChI=1S/C19H36ClNO3/c1-5-6-7-8-9-10-11-12-13-14-17(22)16(19(23)24)15-18(20)21(2,3)4/h16,18H,5-15H2,1-4H3/p+1. The van der Waals surface area contributed by atoms with Crippen molar-refractivity contribution in [2.45, 2.75) is 83.1 Å². The zero-order chi connectivity index (χ0) is 18.6. The van der Waals surface area contributed by atoms with Crippen LogP contribution in [0.5, 0.6) is 0 Å². The molecule has 2 atom stereocenters. The van der Waals surface area contributed by atoms with Crippen molar-refractivity contribution >= 4 is 23.4 Å². The quantitative estimate of drug-likeness (QED) is 0.149. The number of rotatable bonds is 15. The van der Waals surface area contributed by atoms with Gasteiger partial charge < -0.3 is 9.59 Å². The minimum Gasteiger partial charge on any atom is -0.481 e. The van der Waals surface area contributed by atoms with Crippen LogP contribution < -0.4 is 0 Å². The Hall–Kier alpha value is -0.610. The molecule has 0 aromatic heterocycles. The first-order chi connectivity index (χ1) is 11.2. The summed E-state index contributed by atoms with van der Waals surface area (Å²) in [5, 5.41) is 9.32. The van der Waals surface area contributed by atoms with Crippen molar-refractivity contribution in [3.63, 3.8) is 0 Å². The maximum atomic E-state index is 12.2. The predicted molar refractivity (Wildman–Crippen MR) is 100 cm³/mol. The van der Waals surface area contributed by atoms with Crippen LogP contribution in [-0.2, 0) is 9.59 Å². The molecule has 0 aromatic carbocycles. The molecule has 0 heterocycles. The summed E-state index contributed by atoms with van der Waals surface area (Å²) in [5.41, 5.74) is -0.377. The molecule has 0 spiro atoms. The molecule has 24 heavy (non-hydrogen) atoms. The number of aliphatic carboxylic acids is 1. The van der Waals surface area contributed by atoms with Crippen molar-refractivity contribution in [2.24, 2.45) is 5.92 Å². The van der Waals surface area contributed by atoms with Crippen LogP contribution in [0.3, 0.4) is 0 Å². The first-order valence-corrected chi connectivity index (χ1v) is 9.84. The van der Waals surface area contributed by atoms with Gasteiger partial charge in [-0.15, -0.1) is 0 Å². The number of hydrogen-bond donors (Lipinski definition) is 1. The lowest BCUT2D eigenvalue weighted by Crippen LogP contribution is -2.44. The van der Waals surface area contributed by atoms with Crippen LogP contribution in [0.2, 0.25) is 0 Å². The number of carbonyl (C=O) groups excluding carboxylic acids is 1. The first kappa shape index (κ1) is 23.4. The van der Waals surface area contributed by atoms with Crippen molar-refractivity contribution < 1.29 is 19.2 Å². The van der Waals surface area contributed by atoms with E-state index in [-0.39, 0.29) is 17.7 Å². The lowest BCUT2D eigenvalue weighted by Gasteiger charge is -2.30. The van der Waals surface area contributed by atoms with Gasteiger partial charge in [-0.3, -0.25) is 9.59 Å². The van der Waals surface area contributed by atoms with Gasteiger partial charge in [0, 0.05) is 12.8 Å². The predicted octanol–water partition coefficient (Wildman–Crippen LogP) is 4.84. The number of halogens is 1. The molecule has 4 nitrogen and oxygen atoms in total. The molecule has 0 fully saturated rings. The van der Waals surface area contributed by atoms with Crippen molar-refractivity contribution in [1.29, 1.82) is 0 Å². The fourth-order valence-electron chi connectivity index (χ4n) is 2.66. The van der Waals surface area contributed by atoms with E-state index in [0.29, 0.717) is 10.9 Å². The normalized spacial score (nSPS) is 14.4. The third-order valence-corrected chi connectivity index (χ3v) is 5.25. The highest BCUT2D eigenvalue weighted by atomic mass is 35.5. The smallest absolute Gasteiger partial charge is 0.314 e. The van der Waals surface area contributed by atoms with Gasteiger partial charge in [-0.2, -0.15) is 0 Å². The molecule has 142 valence electrons. The van der Waals surface area contributed by atoms with Crippen LogP contribution in [-0.4, -0.2) is 48.0 Å². The Bertz CT molecular complexity index is 366. The highest BCUT2D eigenvalue weighted by molar-refractivity contribution is 6.20. The van der Waals surface area contributed by atoms with Crippen LogP contribution in [0.4, 0.5) is 0 Å². The van der Waals surface area contributed by atoms with Crippen LogP contribution in [0, 0.1) is 5.92 Å². The lowest BCUT2D eigenvalue weighted by molar-refractivity contribution is -0.883. The molecular weight excluding hydrogens is 326 g/mol. The Morgan fingerprint density at radius 3 is 1.79 bits per heavy atom. The number of Topliss-reactive ketones (excluding diaryl/α,β-unsaturated/α-hetero) is 1. The Morgan fingerprint density at radius 2 is 1.38 bits per heavy atom. The fraction of sp³-hybridized carbons (Fsp3) is 0.895. The van der Waals surface area contributed by atoms with Gasteiger partial charge in [-0.25, -0.2) is 0 Å². The van der Waals surface area contributed by atoms with E-state index in [4.69, 9.17) is 11.6 Å². The Labute approximate surface area is 153 Å². The number of unbranched alkanes of at least 4 members (excludes halogenated alkanes) is 8. The summed E-state index contributed by atoms with van der Waals surface area (Å²) in [6, 6.07) is 0. The Morgan fingerprint density at radius 1 is 0.917 bits per heavy atom. The number of carboxylic acid groups (broad SMARTS) is 1. The minimum atomic E-state index is -1.05. The van der Waals surface area contributed by atoms with Crippen LogP contribution in [0.1, 0.15) is 77.6 Å². The SMILES string of the molecule is CCCCCCCCCCCC(=O)C(CC(Cl)[N+](C)(C)C)C(=O)O. The molecule has 0 aliphatic rings. The zero-order valence-corrected chi connectivity index (χ0v) is 16.8. The fourth-order valence-corrected chi connectivity index (χ4v) is 2.84. The van der Waals surface area contributed by atoms with Gasteiger partial charge in [0.2, 0.25) is 0 Å². The molecule has 0 bridgehead atoms. The monoisotopic (exact) mass is 362 g/mol. The van der Waals surface area contributed by atoms with Crippen LogP contribution in [0.25, 0.3) is 0 Å². The molecule has 0 aliphatic heterocycles. The summed E-state index contributed by atoms with van der Waals surface area (Å²) in [6.45, 7) is 2.22.